The first-order valence-corrected chi connectivity index (χ1v) is 11.9. The maximum Gasteiger partial charge on any atom is 0.263 e. The average Bonchev–Trinajstić information content (AvgIpc) is 3.36. The van der Waals surface area contributed by atoms with Crippen molar-refractivity contribution >= 4 is 34.1 Å². The lowest BCUT2D eigenvalue weighted by molar-refractivity contribution is -0.123. The molecule has 0 spiro atoms. The van der Waals surface area contributed by atoms with Gasteiger partial charge in [-0.25, -0.2) is 13.8 Å². The number of aromatic nitrogens is 2. The Bertz CT molecular complexity index is 1370. The second kappa shape index (κ2) is 8.94. The maximum atomic E-state index is 13.6. The summed E-state index contributed by atoms with van der Waals surface area (Å²) in [5.41, 5.74) is 2.94. The van der Waals surface area contributed by atoms with Crippen LogP contribution in [-0.2, 0) is 18.3 Å². The first-order valence-electron chi connectivity index (χ1n) is 11.9. The smallest absolute Gasteiger partial charge is 0.263 e. The van der Waals surface area contributed by atoms with Gasteiger partial charge in [-0.1, -0.05) is 12.1 Å². The van der Waals surface area contributed by atoms with Crippen LogP contribution >= 0.6 is 0 Å². The molecule has 0 bridgehead atoms. The number of anilines is 3. The van der Waals surface area contributed by atoms with E-state index < -0.39 is 6.43 Å². The van der Waals surface area contributed by atoms with Crippen LogP contribution in [0.15, 0.2) is 35.1 Å². The zero-order valence-corrected chi connectivity index (χ0v) is 20.1. The van der Waals surface area contributed by atoms with Crippen molar-refractivity contribution in [2.75, 3.05) is 36.5 Å². The van der Waals surface area contributed by atoms with E-state index in [0.717, 1.165) is 35.0 Å². The fourth-order valence-corrected chi connectivity index (χ4v) is 5.29. The van der Waals surface area contributed by atoms with Crippen LogP contribution in [-0.4, -0.2) is 42.1 Å². The topological polar surface area (TPSA) is 70.5 Å². The number of fused-ring (bicyclic) bond motifs is 2. The summed E-state index contributed by atoms with van der Waals surface area (Å²) in [6.07, 6.45) is -0.174. The summed E-state index contributed by atoms with van der Waals surface area (Å²) in [5, 5.41) is 3.52. The summed E-state index contributed by atoms with van der Waals surface area (Å²) in [4.78, 5) is 34.1. The molecule has 0 saturated carbocycles. The summed E-state index contributed by atoms with van der Waals surface area (Å²) in [6.45, 7) is 3.60. The van der Waals surface area contributed by atoms with Crippen molar-refractivity contribution in [2.45, 2.75) is 32.6 Å². The van der Waals surface area contributed by atoms with Gasteiger partial charge in [-0.15, -0.1) is 0 Å². The normalized spacial score (nSPS) is 17.8. The molecule has 1 N–H and O–H groups in total. The van der Waals surface area contributed by atoms with Crippen LogP contribution < -0.4 is 20.7 Å². The van der Waals surface area contributed by atoms with E-state index in [1.165, 1.54) is 6.07 Å². The molecule has 0 aliphatic carbocycles. The fourth-order valence-electron chi connectivity index (χ4n) is 5.29. The standard InChI is InChI=1S/C26H29F2N5O2/c1-15-11-19-21(31(3)26(15)35)13-22(32-10-8-18(14-32)25(34)29-2)30-24(19)33-9-4-5-16-6-7-17(23(27)28)12-20(16)33/h6-7,11-13,18,23H,4-5,8-10,14H2,1-3H3,(H,29,34). The second-order valence-electron chi connectivity index (χ2n) is 9.42. The highest BCUT2D eigenvalue weighted by Crippen LogP contribution is 2.39. The molecule has 35 heavy (non-hydrogen) atoms. The molecule has 184 valence electrons. The number of amides is 1. The highest BCUT2D eigenvalue weighted by atomic mass is 19.3. The van der Waals surface area contributed by atoms with Crippen LogP contribution in [0.25, 0.3) is 10.9 Å². The molecule has 1 saturated heterocycles. The SMILES string of the molecule is CNC(=O)C1CCN(c2cc3c(cc(C)c(=O)n3C)c(N3CCCc4ccc(C(F)F)cc43)n2)C1. The van der Waals surface area contributed by atoms with Gasteiger partial charge >= 0.3 is 0 Å². The third kappa shape index (κ3) is 4.02. The number of hydrogen-bond donors (Lipinski definition) is 1. The van der Waals surface area contributed by atoms with E-state index in [4.69, 9.17) is 4.98 Å². The monoisotopic (exact) mass is 481 g/mol. The van der Waals surface area contributed by atoms with Crippen molar-refractivity contribution in [3.8, 4) is 0 Å². The lowest BCUT2D eigenvalue weighted by atomic mass is 9.99. The van der Waals surface area contributed by atoms with E-state index in [0.29, 0.717) is 43.3 Å². The predicted octanol–water partition coefficient (Wildman–Crippen LogP) is 3.84. The van der Waals surface area contributed by atoms with Crippen molar-refractivity contribution < 1.29 is 13.6 Å². The molecule has 1 unspecified atom stereocenters. The molecule has 7 nitrogen and oxygen atoms in total. The number of carbonyl (C=O) groups excluding carboxylic acids is 1. The van der Waals surface area contributed by atoms with Crippen LogP contribution in [0.2, 0.25) is 0 Å². The number of hydrogen-bond acceptors (Lipinski definition) is 5. The van der Waals surface area contributed by atoms with Gasteiger partial charge in [-0.3, -0.25) is 9.59 Å². The molecule has 5 rings (SSSR count). The average molecular weight is 482 g/mol. The van der Waals surface area contributed by atoms with Gasteiger partial charge in [0.25, 0.3) is 12.0 Å². The summed E-state index contributed by atoms with van der Waals surface area (Å²) in [7, 11) is 3.37. The van der Waals surface area contributed by atoms with Crippen LogP contribution in [0.3, 0.4) is 0 Å². The van der Waals surface area contributed by atoms with Crippen molar-refractivity contribution in [3.63, 3.8) is 0 Å². The molecule has 2 aliphatic heterocycles. The van der Waals surface area contributed by atoms with E-state index in [1.54, 1.807) is 37.7 Å². The van der Waals surface area contributed by atoms with E-state index >= 15 is 0 Å². The Kier molecular flexibility index (Phi) is 5.94. The Balaban J connectivity index is 1.69. The fraction of sp³-hybridized carbons (Fsp3) is 0.423. The zero-order valence-electron chi connectivity index (χ0n) is 20.1. The number of carbonyl (C=O) groups is 1. The van der Waals surface area contributed by atoms with E-state index in [-0.39, 0.29) is 22.9 Å². The van der Waals surface area contributed by atoms with Crippen LogP contribution in [0, 0.1) is 12.8 Å². The summed E-state index contributed by atoms with van der Waals surface area (Å²) in [6, 6.07) is 8.57. The number of alkyl halides is 2. The number of rotatable bonds is 4. The summed E-state index contributed by atoms with van der Waals surface area (Å²) in [5.74, 6) is 1.19. The predicted molar refractivity (Wildman–Crippen MR) is 133 cm³/mol. The van der Waals surface area contributed by atoms with Crippen molar-refractivity contribution in [1.82, 2.24) is 14.9 Å². The Morgan fingerprint density at radius 2 is 2.00 bits per heavy atom. The molecule has 2 aliphatic rings. The minimum atomic E-state index is -2.56. The van der Waals surface area contributed by atoms with Gasteiger partial charge in [0.2, 0.25) is 5.91 Å². The second-order valence-corrected chi connectivity index (χ2v) is 9.42. The first kappa shape index (κ1) is 23.3. The lowest BCUT2D eigenvalue weighted by Crippen LogP contribution is -2.31. The Morgan fingerprint density at radius 1 is 1.20 bits per heavy atom. The molecular weight excluding hydrogens is 452 g/mol. The lowest BCUT2D eigenvalue weighted by Gasteiger charge is -2.33. The number of aryl methyl sites for hydroxylation is 3. The third-order valence-corrected chi connectivity index (χ3v) is 7.23. The van der Waals surface area contributed by atoms with Crippen LogP contribution in [0.5, 0.6) is 0 Å². The number of halogens is 2. The Hall–Kier alpha value is -3.49. The van der Waals surface area contributed by atoms with E-state index in [9.17, 15) is 18.4 Å². The highest BCUT2D eigenvalue weighted by molar-refractivity contribution is 5.95. The molecule has 0 radical (unpaired) electrons. The number of nitrogens with zero attached hydrogens (tertiary/aromatic N) is 4. The van der Waals surface area contributed by atoms with Gasteiger partial charge in [0.1, 0.15) is 11.6 Å². The minimum Gasteiger partial charge on any atom is -0.359 e. The Labute approximate surface area is 202 Å². The molecule has 3 aromatic rings. The third-order valence-electron chi connectivity index (χ3n) is 7.23. The van der Waals surface area contributed by atoms with Crippen molar-refractivity contribution in [1.29, 1.82) is 0 Å². The van der Waals surface area contributed by atoms with Gasteiger partial charge in [0.05, 0.1) is 11.4 Å². The van der Waals surface area contributed by atoms with Gasteiger partial charge in [-0.05, 0) is 43.9 Å². The highest BCUT2D eigenvalue weighted by Gasteiger charge is 2.30. The summed E-state index contributed by atoms with van der Waals surface area (Å²) >= 11 is 0. The molecule has 4 heterocycles. The van der Waals surface area contributed by atoms with Gasteiger partial charge < -0.3 is 19.7 Å². The maximum absolute atomic E-state index is 13.6. The number of benzene rings is 1. The molecular formula is C26H29F2N5O2. The molecule has 1 aromatic carbocycles. The summed E-state index contributed by atoms with van der Waals surface area (Å²) < 4.78 is 28.7. The van der Waals surface area contributed by atoms with Gasteiger partial charge in [0.15, 0.2) is 0 Å². The Morgan fingerprint density at radius 3 is 2.74 bits per heavy atom. The molecule has 2 aromatic heterocycles. The van der Waals surface area contributed by atoms with E-state index in [1.807, 2.05) is 17.0 Å². The molecule has 9 heteroatoms. The van der Waals surface area contributed by atoms with Crippen molar-refractivity contribution in [3.05, 3.63) is 57.4 Å². The van der Waals surface area contributed by atoms with Crippen LogP contribution in [0.4, 0.5) is 26.1 Å². The molecule has 1 fully saturated rings. The van der Waals surface area contributed by atoms with Crippen LogP contribution in [0.1, 0.15) is 36.0 Å². The van der Waals surface area contributed by atoms with E-state index in [2.05, 4.69) is 10.2 Å². The number of pyridine rings is 2. The quantitative estimate of drug-likeness (QED) is 0.613. The molecule has 1 atom stereocenters. The van der Waals surface area contributed by atoms with Gasteiger partial charge in [0, 0.05) is 62.0 Å². The largest absolute Gasteiger partial charge is 0.359 e. The van der Waals surface area contributed by atoms with Gasteiger partial charge in [-0.2, -0.15) is 0 Å². The van der Waals surface area contributed by atoms with Crippen molar-refractivity contribution in [2.24, 2.45) is 13.0 Å². The minimum absolute atomic E-state index is 0.000948. The number of nitrogens with one attached hydrogen (secondary N) is 1. The first-order chi connectivity index (χ1) is 16.8. The zero-order chi connectivity index (χ0) is 24.9. The molecule has 1 amide bonds.